The zero-order valence-corrected chi connectivity index (χ0v) is 20.4. The molecule has 0 bridgehead atoms. The number of carbonyl (C=O) groups is 4. The van der Waals surface area contributed by atoms with Crippen molar-refractivity contribution in [2.24, 2.45) is 22.2 Å². The predicted molar refractivity (Wildman–Crippen MR) is 136 cm³/mol. The van der Waals surface area contributed by atoms with E-state index in [2.05, 4.69) is 25.9 Å². The molecule has 4 unspecified atom stereocenters. The molecule has 14 heteroatoms. The van der Waals surface area contributed by atoms with Gasteiger partial charge in [0.05, 0.1) is 12.6 Å². The Kier molecular flexibility index (Phi) is 10.8. The minimum Gasteiger partial charge on any atom is -0.480 e. The van der Waals surface area contributed by atoms with Crippen molar-refractivity contribution in [1.29, 1.82) is 0 Å². The number of aliphatic imine (C=N–C) groups is 1. The van der Waals surface area contributed by atoms with Gasteiger partial charge in [-0.2, -0.15) is 0 Å². The van der Waals surface area contributed by atoms with E-state index < -0.39 is 47.9 Å². The van der Waals surface area contributed by atoms with Crippen LogP contribution in [0.1, 0.15) is 25.3 Å². The molecule has 0 spiro atoms. The van der Waals surface area contributed by atoms with E-state index in [1.165, 1.54) is 6.92 Å². The maximum Gasteiger partial charge on any atom is 0.326 e. The summed E-state index contributed by atoms with van der Waals surface area (Å²) in [5.41, 5.74) is 17.5. The highest BCUT2D eigenvalue weighted by Gasteiger charge is 2.32. The number of benzene rings is 1. The number of aromatic nitrogens is 1. The van der Waals surface area contributed by atoms with Gasteiger partial charge in [0.15, 0.2) is 5.96 Å². The maximum atomic E-state index is 13.1. The van der Waals surface area contributed by atoms with Gasteiger partial charge in [0, 0.05) is 30.1 Å². The number of fused-ring (bicyclic) bond motifs is 1. The van der Waals surface area contributed by atoms with Gasteiger partial charge in [-0.15, -0.1) is 0 Å². The van der Waals surface area contributed by atoms with Crippen molar-refractivity contribution in [3.05, 3.63) is 36.0 Å². The standard InChI is InChI=1S/C23H34N8O6/c1-12(32)19(21(35)30-16(22(36)37)7-4-8-27-23(25)26)31-20(34)17(29-18(33)10-24)9-13-11-28-15-6-3-2-5-14(13)15/h2-3,5-6,11-12,16-17,19,28,32H,4,7-10,24H2,1H3,(H,29,33)(H,30,35)(H,31,34)(H,36,37)(H4,25,26,27). The monoisotopic (exact) mass is 518 g/mol. The van der Waals surface area contributed by atoms with Gasteiger partial charge < -0.3 is 48.3 Å². The van der Waals surface area contributed by atoms with E-state index >= 15 is 0 Å². The SMILES string of the molecule is CC(O)C(NC(=O)C(Cc1c[nH]c2ccccc12)NC(=O)CN)C(=O)NC(CCCN=C(N)N)C(=O)O. The van der Waals surface area contributed by atoms with Gasteiger partial charge in [0.2, 0.25) is 17.7 Å². The lowest BCUT2D eigenvalue weighted by Crippen LogP contribution is -2.59. The number of guanidine groups is 1. The van der Waals surface area contributed by atoms with Crippen LogP contribution in [0.5, 0.6) is 0 Å². The van der Waals surface area contributed by atoms with Gasteiger partial charge in [-0.25, -0.2) is 4.79 Å². The molecule has 1 aromatic carbocycles. The van der Waals surface area contributed by atoms with E-state index in [1.807, 2.05) is 24.3 Å². The number of nitrogens with one attached hydrogen (secondary N) is 4. The highest BCUT2D eigenvalue weighted by molar-refractivity contribution is 5.94. The number of carboxylic acids is 1. The second-order valence-corrected chi connectivity index (χ2v) is 8.46. The number of H-pyrrole nitrogens is 1. The Morgan fingerprint density at radius 2 is 1.76 bits per heavy atom. The van der Waals surface area contributed by atoms with Crippen LogP contribution in [0.2, 0.25) is 0 Å². The topological polar surface area (TPSA) is 251 Å². The largest absolute Gasteiger partial charge is 0.480 e. The van der Waals surface area contributed by atoms with Crippen LogP contribution in [0.15, 0.2) is 35.5 Å². The fourth-order valence-corrected chi connectivity index (χ4v) is 3.66. The number of nitrogens with zero attached hydrogens (tertiary/aromatic N) is 1. The summed E-state index contributed by atoms with van der Waals surface area (Å²) in [5.74, 6) is -3.70. The molecule has 1 aromatic heterocycles. The van der Waals surface area contributed by atoms with Crippen LogP contribution in [0.4, 0.5) is 0 Å². The van der Waals surface area contributed by atoms with Crippen LogP contribution in [0, 0.1) is 0 Å². The number of para-hydroxylation sites is 1. The van der Waals surface area contributed by atoms with Crippen molar-refractivity contribution >= 4 is 40.6 Å². The Balaban J connectivity index is 2.15. The van der Waals surface area contributed by atoms with E-state index in [1.54, 1.807) is 6.20 Å². The molecule has 0 aliphatic rings. The van der Waals surface area contributed by atoms with Gasteiger partial charge in [-0.3, -0.25) is 19.4 Å². The molecule has 4 atom stereocenters. The van der Waals surface area contributed by atoms with Crippen molar-refractivity contribution in [2.75, 3.05) is 13.1 Å². The summed E-state index contributed by atoms with van der Waals surface area (Å²) in [6.45, 7) is 1.07. The minimum atomic E-state index is -1.49. The molecule has 0 saturated heterocycles. The molecule has 0 saturated carbocycles. The second-order valence-electron chi connectivity index (χ2n) is 8.46. The molecule has 0 radical (unpaired) electrons. The van der Waals surface area contributed by atoms with Crippen molar-refractivity contribution in [3.63, 3.8) is 0 Å². The third kappa shape index (κ3) is 8.77. The average Bonchev–Trinajstić information content (AvgIpc) is 3.25. The molecule has 3 amide bonds. The Bertz CT molecular complexity index is 1130. The van der Waals surface area contributed by atoms with Crippen LogP contribution in [-0.4, -0.2) is 82.2 Å². The molecule has 37 heavy (non-hydrogen) atoms. The van der Waals surface area contributed by atoms with E-state index in [4.69, 9.17) is 17.2 Å². The number of aliphatic hydroxyl groups is 1. The van der Waals surface area contributed by atoms with Crippen LogP contribution in [0.25, 0.3) is 10.9 Å². The fourth-order valence-electron chi connectivity index (χ4n) is 3.66. The Labute approximate surface area is 213 Å². The number of hydrogen-bond donors (Lipinski definition) is 9. The average molecular weight is 519 g/mol. The van der Waals surface area contributed by atoms with Crippen molar-refractivity contribution < 1.29 is 29.4 Å². The highest BCUT2D eigenvalue weighted by Crippen LogP contribution is 2.19. The number of nitrogens with two attached hydrogens (primary N) is 3. The summed E-state index contributed by atoms with van der Waals surface area (Å²) >= 11 is 0. The normalized spacial score (nSPS) is 14.1. The third-order valence-corrected chi connectivity index (χ3v) is 5.56. The third-order valence-electron chi connectivity index (χ3n) is 5.56. The number of aromatic amines is 1. The molecule has 2 rings (SSSR count). The number of aliphatic hydroxyl groups excluding tert-OH is 1. The number of amides is 3. The summed E-state index contributed by atoms with van der Waals surface area (Å²) in [4.78, 5) is 56.5. The molecule has 0 aliphatic carbocycles. The minimum absolute atomic E-state index is 0.00801. The van der Waals surface area contributed by atoms with Crippen LogP contribution < -0.4 is 33.2 Å². The molecule has 0 fully saturated rings. The van der Waals surface area contributed by atoms with Crippen LogP contribution in [0.3, 0.4) is 0 Å². The van der Waals surface area contributed by atoms with Gasteiger partial charge in [0.25, 0.3) is 0 Å². The first-order valence-electron chi connectivity index (χ1n) is 11.6. The van der Waals surface area contributed by atoms with Gasteiger partial charge >= 0.3 is 5.97 Å². The zero-order chi connectivity index (χ0) is 27.5. The summed E-state index contributed by atoms with van der Waals surface area (Å²) in [7, 11) is 0. The molecule has 202 valence electrons. The van der Waals surface area contributed by atoms with Crippen molar-refractivity contribution in [2.45, 2.75) is 50.4 Å². The smallest absolute Gasteiger partial charge is 0.326 e. The van der Waals surface area contributed by atoms with Gasteiger partial charge in [-0.1, -0.05) is 18.2 Å². The van der Waals surface area contributed by atoms with E-state index in [-0.39, 0.29) is 38.3 Å². The lowest BCUT2D eigenvalue weighted by atomic mass is 10.0. The summed E-state index contributed by atoms with van der Waals surface area (Å²) in [6.07, 6.45) is 0.669. The van der Waals surface area contributed by atoms with E-state index in [0.29, 0.717) is 0 Å². The summed E-state index contributed by atoms with van der Waals surface area (Å²) in [6, 6.07) is 3.46. The first-order valence-corrected chi connectivity index (χ1v) is 11.6. The molecular weight excluding hydrogens is 484 g/mol. The number of hydrogen-bond acceptors (Lipinski definition) is 7. The van der Waals surface area contributed by atoms with Crippen molar-refractivity contribution in [3.8, 4) is 0 Å². The first-order chi connectivity index (χ1) is 17.5. The molecular formula is C23H34N8O6. The highest BCUT2D eigenvalue weighted by atomic mass is 16.4. The fraction of sp³-hybridized carbons (Fsp3) is 0.435. The quantitative estimate of drug-likeness (QED) is 0.0735. The number of carboxylic acid groups (broad SMARTS) is 1. The van der Waals surface area contributed by atoms with Crippen LogP contribution >= 0.6 is 0 Å². The molecule has 2 aromatic rings. The van der Waals surface area contributed by atoms with Crippen molar-refractivity contribution in [1.82, 2.24) is 20.9 Å². The number of rotatable bonds is 14. The molecule has 1 heterocycles. The predicted octanol–water partition coefficient (Wildman–Crippen LogP) is -2.36. The summed E-state index contributed by atoms with van der Waals surface area (Å²) in [5, 5.41) is 27.8. The lowest BCUT2D eigenvalue weighted by molar-refractivity contribution is -0.143. The lowest BCUT2D eigenvalue weighted by Gasteiger charge is -2.26. The number of aliphatic carboxylic acids is 1. The molecule has 14 nitrogen and oxygen atoms in total. The molecule has 12 N–H and O–H groups in total. The van der Waals surface area contributed by atoms with E-state index in [9.17, 15) is 29.4 Å². The van der Waals surface area contributed by atoms with Gasteiger partial charge in [0.1, 0.15) is 18.1 Å². The zero-order valence-electron chi connectivity index (χ0n) is 20.4. The van der Waals surface area contributed by atoms with Gasteiger partial charge in [-0.05, 0) is 31.4 Å². The Hall–Kier alpha value is -4.17. The van der Waals surface area contributed by atoms with E-state index in [0.717, 1.165) is 16.5 Å². The Morgan fingerprint density at radius 3 is 2.38 bits per heavy atom. The van der Waals surface area contributed by atoms with Crippen LogP contribution in [-0.2, 0) is 25.6 Å². The Morgan fingerprint density at radius 1 is 1.05 bits per heavy atom. The maximum absolute atomic E-state index is 13.1. The number of carbonyl (C=O) groups excluding carboxylic acids is 3. The summed E-state index contributed by atoms with van der Waals surface area (Å²) < 4.78 is 0. The second kappa shape index (κ2) is 13.8. The first kappa shape index (κ1) is 29.1. The molecule has 0 aliphatic heterocycles.